The largest absolute Gasteiger partial charge is 0.573 e. The third-order valence-corrected chi connectivity index (χ3v) is 2.16. The lowest BCUT2D eigenvalue weighted by atomic mass is 10.2. The van der Waals surface area contributed by atoms with E-state index in [1.54, 1.807) is 0 Å². The van der Waals surface area contributed by atoms with Crippen LogP contribution in [0.4, 0.5) is 18.9 Å². The van der Waals surface area contributed by atoms with E-state index in [-0.39, 0.29) is 5.69 Å². The number of halogens is 3. The molecule has 5 nitrogen and oxygen atoms in total. The van der Waals surface area contributed by atoms with Crippen molar-refractivity contribution in [1.82, 2.24) is 0 Å². The molecule has 2 atom stereocenters. The van der Waals surface area contributed by atoms with E-state index in [0.29, 0.717) is 0 Å². The van der Waals surface area contributed by atoms with E-state index in [1.165, 1.54) is 19.1 Å². The Morgan fingerprint density at radius 2 is 2.11 bits per heavy atom. The molecule has 0 fully saturated rings. The summed E-state index contributed by atoms with van der Waals surface area (Å²) in [6, 6.07) is 3.57. The molecule has 0 aliphatic rings. The predicted octanol–water partition coefficient (Wildman–Crippen LogP) is 1.23. The monoisotopic (exact) mass is 278 g/mol. The molecule has 106 valence electrons. The highest BCUT2D eigenvalue weighted by molar-refractivity contribution is 5.95. The Bertz CT molecular complexity index is 449. The second-order valence-corrected chi connectivity index (χ2v) is 3.83. The van der Waals surface area contributed by atoms with E-state index < -0.39 is 30.2 Å². The number of amides is 1. The first-order valence-corrected chi connectivity index (χ1v) is 5.29. The lowest BCUT2D eigenvalue weighted by Crippen LogP contribution is -2.43. The Morgan fingerprint density at radius 1 is 1.47 bits per heavy atom. The highest BCUT2D eigenvalue weighted by Crippen LogP contribution is 2.25. The van der Waals surface area contributed by atoms with Crippen LogP contribution in [0.25, 0.3) is 0 Å². The topological polar surface area (TPSA) is 84.6 Å². The predicted molar refractivity (Wildman–Crippen MR) is 61.4 cm³/mol. The molecule has 1 aromatic rings. The summed E-state index contributed by atoms with van der Waals surface area (Å²) in [7, 11) is 0. The van der Waals surface area contributed by atoms with Gasteiger partial charge in [-0.15, -0.1) is 13.2 Å². The third kappa shape index (κ3) is 5.14. The molecule has 1 rings (SSSR count). The maximum absolute atomic E-state index is 12.0. The Labute approximate surface area is 107 Å². The van der Waals surface area contributed by atoms with Crippen molar-refractivity contribution in [2.75, 3.05) is 5.32 Å². The van der Waals surface area contributed by atoms with E-state index in [0.717, 1.165) is 12.1 Å². The summed E-state index contributed by atoms with van der Waals surface area (Å²) in [5.41, 5.74) is 5.46. The smallest absolute Gasteiger partial charge is 0.406 e. The highest BCUT2D eigenvalue weighted by atomic mass is 19.4. The standard InChI is InChI=1S/C11H13F3N2O3/c1-6(17)9(15)10(18)16-7-3-2-4-8(5-7)19-11(12,13)14/h2-6,9,17H,15H2,1H3,(H,16,18)/t6?,9-/m1/s1. The van der Waals surface area contributed by atoms with Crippen LogP contribution in [0.1, 0.15) is 6.92 Å². The molecule has 4 N–H and O–H groups in total. The minimum Gasteiger partial charge on any atom is -0.406 e. The number of carbonyl (C=O) groups is 1. The first kappa shape index (κ1) is 15.3. The number of carbonyl (C=O) groups excluding carboxylic acids is 1. The van der Waals surface area contributed by atoms with Gasteiger partial charge in [0.2, 0.25) is 5.91 Å². The van der Waals surface area contributed by atoms with E-state index in [2.05, 4.69) is 10.1 Å². The van der Waals surface area contributed by atoms with Crippen LogP contribution in [-0.2, 0) is 4.79 Å². The van der Waals surface area contributed by atoms with Gasteiger partial charge in [0.1, 0.15) is 11.8 Å². The van der Waals surface area contributed by atoms with Gasteiger partial charge in [0.05, 0.1) is 6.10 Å². The summed E-state index contributed by atoms with van der Waals surface area (Å²) in [5, 5.41) is 11.4. The van der Waals surface area contributed by atoms with Crippen LogP contribution in [0.15, 0.2) is 24.3 Å². The van der Waals surface area contributed by atoms with Gasteiger partial charge in [-0.2, -0.15) is 0 Å². The van der Waals surface area contributed by atoms with Gasteiger partial charge in [0.15, 0.2) is 0 Å². The minimum absolute atomic E-state index is 0.0860. The Hall–Kier alpha value is -1.80. The van der Waals surface area contributed by atoms with Crippen molar-refractivity contribution in [3.63, 3.8) is 0 Å². The zero-order valence-corrected chi connectivity index (χ0v) is 9.94. The summed E-state index contributed by atoms with van der Waals surface area (Å²) < 4.78 is 39.7. The van der Waals surface area contributed by atoms with Crippen molar-refractivity contribution in [2.45, 2.75) is 25.4 Å². The van der Waals surface area contributed by atoms with Gasteiger partial charge in [-0.05, 0) is 19.1 Å². The summed E-state index contributed by atoms with van der Waals surface area (Å²) in [4.78, 5) is 11.5. The van der Waals surface area contributed by atoms with Gasteiger partial charge < -0.3 is 20.9 Å². The van der Waals surface area contributed by atoms with Gasteiger partial charge in [-0.25, -0.2) is 0 Å². The molecule has 0 saturated heterocycles. The molecule has 0 bridgehead atoms. The molecule has 1 unspecified atom stereocenters. The van der Waals surface area contributed by atoms with E-state index in [4.69, 9.17) is 10.8 Å². The summed E-state index contributed by atoms with van der Waals surface area (Å²) >= 11 is 0. The quantitative estimate of drug-likeness (QED) is 0.773. The van der Waals surface area contributed by atoms with Gasteiger partial charge >= 0.3 is 6.36 Å². The highest BCUT2D eigenvalue weighted by Gasteiger charge is 2.31. The number of benzene rings is 1. The van der Waals surface area contributed by atoms with Crippen molar-refractivity contribution >= 4 is 11.6 Å². The molecular formula is C11H13F3N2O3. The van der Waals surface area contributed by atoms with Crippen molar-refractivity contribution in [3.05, 3.63) is 24.3 Å². The second kappa shape index (κ2) is 5.89. The third-order valence-electron chi connectivity index (χ3n) is 2.16. The minimum atomic E-state index is -4.81. The van der Waals surface area contributed by atoms with Crippen LogP contribution in [0.2, 0.25) is 0 Å². The van der Waals surface area contributed by atoms with Gasteiger partial charge in [-0.1, -0.05) is 6.07 Å². The van der Waals surface area contributed by atoms with Crippen molar-refractivity contribution in [1.29, 1.82) is 0 Å². The number of hydrogen-bond donors (Lipinski definition) is 3. The molecule has 0 heterocycles. The maximum Gasteiger partial charge on any atom is 0.573 e. The number of hydrogen-bond acceptors (Lipinski definition) is 4. The maximum atomic E-state index is 12.0. The number of aliphatic hydroxyl groups is 1. The first-order chi connectivity index (χ1) is 8.69. The van der Waals surface area contributed by atoms with Crippen LogP contribution in [-0.4, -0.2) is 29.5 Å². The molecule has 8 heteroatoms. The number of ether oxygens (including phenoxy) is 1. The summed E-state index contributed by atoms with van der Waals surface area (Å²) in [6.45, 7) is 1.33. The number of nitrogens with one attached hydrogen (secondary N) is 1. The normalized spacial score (nSPS) is 14.6. The molecular weight excluding hydrogens is 265 g/mol. The number of nitrogens with two attached hydrogens (primary N) is 1. The van der Waals surface area contributed by atoms with Crippen molar-refractivity contribution in [2.24, 2.45) is 5.73 Å². The fourth-order valence-electron chi connectivity index (χ4n) is 1.22. The fraction of sp³-hybridized carbons (Fsp3) is 0.364. The molecule has 0 aliphatic heterocycles. The lowest BCUT2D eigenvalue weighted by molar-refractivity contribution is -0.274. The van der Waals surface area contributed by atoms with Crippen LogP contribution >= 0.6 is 0 Å². The van der Waals surface area contributed by atoms with Crippen molar-refractivity contribution in [3.8, 4) is 5.75 Å². The summed E-state index contributed by atoms with van der Waals surface area (Å²) in [5.74, 6) is -1.17. The zero-order valence-electron chi connectivity index (χ0n) is 9.94. The van der Waals surface area contributed by atoms with Gasteiger partial charge in [0.25, 0.3) is 0 Å². The molecule has 19 heavy (non-hydrogen) atoms. The number of aliphatic hydroxyl groups excluding tert-OH is 1. The number of alkyl halides is 3. The molecule has 0 spiro atoms. The average Bonchev–Trinajstić information content (AvgIpc) is 2.25. The second-order valence-electron chi connectivity index (χ2n) is 3.83. The summed E-state index contributed by atoms with van der Waals surface area (Å²) in [6.07, 6.45) is -5.88. The average molecular weight is 278 g/mol. The molecule has 1 amide bonds. The first-order valence-electron chi connectivity index (χ1n) is 5.29. The molecule has 1 aromatic carbocycles. The molecule has 0 saturated carbocycles. The van der Waals surface area contributed by atoms with Crippen LogP contribution in [0.3, 0.4) is 0 Å². The van der Waals surface area contributed by atoms with E-state index in [9.17, 15) is 18.0 Å². The number of rotatable bonds is 4. The molecule has 0 aliphatic carbocycles. The van der Waals surface area contributed by atoms with E-state index in [1.807, 2.05) is 0 Å². The van der Waals surface area contributed by atoms with Crippen LogP contribution in [0.5, 0.6) is 5.75 Å². The SMILES string of the molecule is CC(O)[C@@H](N)C(=O)Nc1cccc(OC(F)(F)F)c1. The van der Waals surface area contributed by atoms with E-state index >= 15 is 0 Å². The van der Waals surface area contributed by atoms with Gasteiger partial charge in [0, 0.05) is 11.8 Å². The lowest BCUT2D eigenvalue weighted by Gasteiger charge is -2.15. The Balaban J connectivity index is 2.75. The van der Waals surface area contributed by atoms with Crippen molar-refractivity contribution < 1.29 is 27.8 Å². The van der Waals surface area contributed by atoms with Crippen LogP contribution < -0.4 is 15.8 Å². The Morgan fingerprint density at radius 3 is 2.63 bits per heavy atom. The number of anilines is 1. The van der Waals surface area contributed by atoms with Gasteiger partial charge in [-0.3, -0.25) is 4.79 Å². The Kier molecular flexibility index (Phi) is 4.73. The molecule has 0 aromatic heterocycles. The molecule has 0 radical (unpaired) electrons. The fourth-order valence-corrected chi connectivity index (χ4v) is 1.22. The van der Waals surface area contributed by atoms with Crippen LogP contribution in [0, 0.1) is 0 Å². The zero-order chi connectivity index (χ0) is 14.6.